The minimum Gasteiger partial charge on any atom is -0.456 e. The summed E-state index contributed by atoms with van der Waals surface area (Å²) in [6.45, 7) is 20.5. The Hall–Kier alpha value is -3.32. The van der Waals surface area contributed by atoms with E-state index in [-0.39, 0.29) is 29.5 Å². The third-order valence-corrected chi connectivity index (χ3v) is 16.9. The van der Waals surface area contributed by atoms with E-state index in [9.17, 15) is 0 Å². The number of hydrogen-bond acceptors (Lipinski definition) is 6. The number of hydrogen-bond donors (Lipinski definition) is 0. The molecule has 7 rings (SSSR count). The highest BCUT2D eigenvalue weighted by Crippen LogP contribution is 2.42. The maximum Gasteiger partial charge on any atom is 0.299 e. The highest BCUT2D eigenvalue weighted by atomic mass is 28.4. The molecule has 0 radical (unpaired) electrons. The average Bonchev–Trinajstić information content (AvgIpc) is 3.77. The fraction of sp³-hybridized carbons (Fsp3) is 0.439. The number of fused-ring (bicyclic) bond motifs is 4. The van der Waals surface area contributed by atoms with E-state index in [1.807, 2.05) is 6.07 Å². The second-order valence-corrected chi connectivity index (χ2v) is 27.0. The van der Waals surface area contributed by atoms with Crippen LogP contribution in [-0.4, -0.2) is 70.2 Å². The Morgan fingerprint density at radius 1 is 0.760 bits per heavy atom. The van der Waals surface area contributed by atoms with E-state index in [1.165, 1.54) is 11.1 Å². The lowest BCUT2D eigenvalue weighted by Gasteiger charge is -2.39. The lowest BCUT2D eigenvalue weighted by atomic mass is 9.95. The Morgan fingerprint density at radius 2 is 1.36 bits per heavy atom. The van der Waals surface area contributed by atoms with E-state index < -0.39 is 16.4 Å². The van der Waals surface area contributed by atoms with Crippen molar-refractivity contribution in [2.45, 2.75) is 95.7 Å². The van der Waals surface area contributed by atoms with Gasteiger partial charge in [0.25, 0.3) is 6.01 Å². The summed E-state index contributed by atoms with van der Waals surface area (Å²) in [6.07, 6.45) is -0.785. The van der Waals surface area contributed by atoms with Gasteiger partial charge in [-0.05, 0) is 57.9 Å². The van der Waals surface area contributed by atoms with Crippen LogP contribution in [0.4, 0.5) is 0 Å². The minimum atomic E-state index is -2.00. The highest BCUT2D eigenvalue weighted by molar-refractivity contribution is 6.76. The molecule has 0 unspecified atom stereocenters. The quantitative estimate of drug-likeness (QED) is 0.101. The summed E-state index contributed by atoms with van der Waals surface area (Å²) in [7, 11) is -3.26. The van der Waals surface area contributed by atoms with E-state index in [0.717, 1.165) is 39.0 Å². The van der Waals surface area contributed by atoms with Gasteiger partial charge >= 0.3 is 0 Å². The Bertz CT molecular complexity index is 1950. The molecule has 1 aromatic heterocycles. The predicted octanol–water partition coefficient (Wildman–Crippen LogP) is 9.77. The van der Waals surface area contributed by atoms with Crippen LogP contribution in [0.25, 0.3) is 44.1 Å². The molecule has 5 aromatic rings. The largest absolute Gasteiger partial charge is 0.456 e. The van der Waals surface area contributed by atoms with Crippen LogP contribution in [0.3, 0.4) is 0 Å². The van der Waals surface area contributed by atoms with E-state index in [1.54, 1.807) is 0 Å². The molecule has 2 aliphatic heterocycles. The molecule has 7 nitrogen and oxygen atoms in total. The van der Waals surface area contributed by atoms with Gasteiger partial charge in [0.05, 0.1) is 30.4 Å². The first-order chi connectivity index (χ1) is 23.8. The molecule has 0 amide bonds. The van der Waals surface area contributed by atoms with Gasteiger partial charge in [-0.3, -0.25) is 4.57 Å². The molecule has 2 saturated heterocycles. The number of aromatic nitrogens is 2. The van der Waals surface area contributed by atoms with Gasteiger partial charge in [-0.15, -0.1) is 0 Å². The lowest BCUT2D eigenvalue weighted by Crippen LogP contribution is -2.47. The summed E-state index contributed by atoms with van der Waals surface area (Å²) < 4.78 is 34.8. The molecule has 2 fully saturated rings. The molecule has 50 heavy (non-hydrogen) atoms. The lowest BCUT2D eigenvalue weighted by molar-refractivity contribution is 0.00693. The van der Waals surface area contributed by atoms with Crippen LogP contribution in [0.2, 0.25) is 43.8 Å². The molecule has 2 aliphatic rings. The fourth-order valence-corrected chi connectivity index (χ4v) is 8.82. The van der Waals surface area contributed by atoms with Gasteiger partial charge in [0.15, 0.2) is 14.4 Å². The molecule has 0 bridgehead atoms. The van der Waals surface area contributed by atoms with Crippen molar-refractivity contribution in [3.05, 3.63) is 84.9 Å². The maximum absolute atomic E-state index is 6.79. The molecule has 0 N–H and O–H groups in total. The van der Waals surface area contributed by atoms with Crippen LogP contribution in [-0.2, 0) is 25.4 Å². The Morgan fingerprint density at radius 3 is 2.04 bits per heavy atom. The summed E-state index contributed by atoms with van der Waals surface area (Å²) in [5.41, 5.74) is 6.56. The zero-order valence-corrected chi connectivity index (χ0v) is 32.9. The van der Waals surface area contributed by atoms with Crippen molar-refractivity contribution in [3.8, 4) is 28.3 Å². The van der Waals surface area contributed by atoms with Crippen molar-refractivity contribution in [2.24, 2.45) is 0 Å². The van der Waals surface area contributed by atoms with Crippen molar-refractivity contribution < 1.29 is 23.4 Å². The van der Waals surface area contributed by atoms with Crippen LogP contribution in [0.15, 0.2) is 84.9 Å². The first-order valence-corrected chi connectivity index (χ1v) is 24.6. The number of nitrogens with zero attached hydrogens (tertiary/aromatic N) is 2. The molecule has 0 aliphatic carbocycles. The molecule has 9 heteroatoms. The van der Waals surface area contributed by atoms with Gasteiger partial charge in [-0.2, -0.15) is 4.98 Å². The van der Waals surface area contributed by atoms with Crippen LogP contribution in [0.1, 0.15) is 20.8 Å². The number of imidazole rings is 1. The zero-order chi connectivity index (χ0) is 35.3. The summed E-state index contributed by atoms with van der Waals surface area (Å²) in [5.74, 6) is 0. The minimum absolute atomic E-state index is 0.0991. The molecule has 0 saturated carbocycles. The molecular formula is C41H52N2O5Si2. The van der Waals surface area contributed by atoms with Gasteiger partial charge in [-0.1, -0.05) is 119 Å². The average molecular weight is 709 g/mol. The smallest absolute Gasteiger partial charge is 0.299 e. The van der Waals surface area contributed by atoms with Gasteiger partial charge in [0.2, 0.25) is 0 Å². The van der Waals surface area contributed by atoms with Gasteiger partial charge in [0.1, 0.15) is 18.9 Å². The normalized spacial score (nSPS) is 21.3. The second-order valence-electron chi connectivity index (χ2n) is 16.6. The SMILES string of the molecule is CC(C)(C)[Si](C)(C)O[C@@H]1CO[C@H]2[C@@H]1OC[C@H]2Oc1nc2cc(-c3ccc(-c4ccccc4)cc3)c3ccccc3c2n1COCC[Si](C)(C)C. The number of benzene rings is 4. The third-order valence-electron chi connectivity index (χ3n) is 10.7. The van der Waals surface area contributed by atoms with E-state index >= 15 is 0 Å². The Balaban J connectivity index is 1.23. The van der Waals surface area contributed by atoms with E-state index in [2.05, 4.69) is 137 Å². The van der Waals surface area contributed by atoms with Crippen molar-refractivity contribution in [3.63, 3.8) is 0 Å². The highest BCUT2D eigenvalue weighted by Gasteiger charge is 2.52. The second kappa shape index (κ2) is 13.7. The van der Waals surface area contributed by atoms with Gasteiger partial charge in [-0.25, -0.2) is 0 Å². The predicted molar refractivity (Wildman–Crippen MR) is 208 cm³/mol. The zero-order valence-electron chi connectivity index (χ0n) is 30.9. The van der Waals surface area contributed by atoms with Crippen molar-refractivity contribution in [2.75, 3.05) is 19.8 Å². The standard InChI is InChI=1S/C41H52N2O5Si2/c1-41(2,3)50(7,8)48-36-26-46-38-35(25-45-39(36)38)47-40-42-34-24-33(30-20-18-29(19-21-30)28-14-10-9-11-15-28)31-16-12-13-17-32(31)37(34)43(40)27-44-22-23-49(4,5)6/h9-21,24,35-36,38-39H,22-23,25-27H2,1-8H3/t35-,36-,38-,39-/m1/s1. The Kier molecular flexibility index (Phi) is 9.60. The maximum atomic E-state index is 6.79. The van der Waals surface area contributed by atoms with Crippen LogP contribution in [0.5, 0.6) is 6.01 Å². The Labute approximate surface area is 299 Å². The van der Waals surface area contributed by atoms with Crippen LogP contribution < -0.4 is 4.74 Å². The molecule has 264 valence electrons. The number of rotatable bonds is 11. The first kappa shape index (κ1) is 35.1. The summed E-state index contributed by atoms with van der Waals surface area (Å²) in [6, 6.07) is 31.7. The molecular weight excluding hydrogens is 657 g/mol. The molecule has 4 aromatic carbocycles. The van der Waals surface area contributed by atoms with Crippen LogP contribution in [0, 0.1) is 0 Å². The molecule has 3 heterocycles. The molecule has 4 atom stereocenters. The van der Waals surface area contributed by atoms with Crippen molar-refractivity contribution >= 4 is 38.2 Å². The summed E-state index contributed by atoms with van der Waals surface area (Å²) in [5, 5.41) is 2.38. The monoisotopic (exact) mass is 708 g/mol. The fourth-order valence-electron chi connectivity index (χ4n) is 6.75. The first-order valence-electron chi connectivity index (χ1n) is 18.0. The van der Waals surface area contributed by atoms with Crippen molar-refractivity contribution in [1.82, 2.24) is 9.55 Å². The van der Waals surface area contributed by atoms with Gasteiger partial charge < -0.3 is 23.4 Å². The summed E-state index contributed by atoms with van der Waals surface area (Å²) in [4.78, 5) is 5.16. The molecule has 0 spiro atoms. The third kappa shape index (κ3) is 7.09. The van der Waals surface area contributed by atoms with Gasteiger partial charge in [0, 0.05) is 20.1 Å². The van der Waals surface area contributed by atoms with E-state index in [4.69, 9.17) is 28.4 Å². The number of ether oxygens (including phenoxy) is 4. The topological polar surface area (TPSA) is 64.0 Å². The summed E-state index contributed by atoms with van der Waals surface area (Å²) >= 11 is 0. The van der Waals surface area contributed by atoms with Crippen molar-refractivity contribution in [1.29, 1.82) is 0 Å². The van der Waals surface area contributed by atoms with Crippen LogP contribution >= 0.6 is 0 Å². The van der Waals surface area contributed by atoms with E-state index in [0.29, 0.717) is 32.6 Å².